The fourth-order valence-electron chi connectivity index (χ4n) is 2.67. The molecule has 1 fully saturated rings. The third-order valence-corrected chi connectivity index (χ3v) is 5.06. The first-order valence-corrected chi connectivity index (χ1v) is 9.19. The molecule has 24 heavy (non-hydrogen) atoms. The van der Waals surface area contributed by atoms with Gasteiger partial charge in [0.25, 0.3) is 0 Å². The lowest BCUT2D eigenvalue weighted by molar-refractivity contribution is 0.122. The van der Waals surface area contributed by atoms with Crippen molar-refractivity contribution in [2.75, 3.05) is 31.2 Å². The number of aliphatic hydroxyl groups is 1. The minimum absolute atomic E-state index is 0.209. The average Bonchev–Trinajstić information content (AvgIpc) is 3.16. The summed E-state index contributed by atoms with van der Waals surface area (Å²) >= 11 is 1.59. The van der Waals surface area contributed by atoms with Crippen LogP contribution in [0.3, 0.4) is 0 Å². The van der Waals surface area contributed by atoms with E-state index in [2.05, 4.69) is 27.1 Å². The summed E-state index contributed by atoms with van der Waals surface area (Å²) < 4.78 is 5.34. The van der Waals surface area contributed by atoms with Crippen molar-refractivity contribution in [2.45, 2.75) is 32.0 Å². The number of aliphatic hydroxyl groups excluding tert-OH is 1. The van der Waals surface area contributed by atoms with Gasteiger partial charge in [-0.2, -0.15) is 0 Å². The van der Waals surface area contributed by atoms with Gasteiger partial charge >= 0.3 is 0 Å². The normalized spacial score (nSPS) is 17.7. The van der Waals surface area contributed by atoms with E-state index in [9.17, 15) is 5.11 Å². The Bertz CT molecular complexity index is 600. The lowest BCUT2D eigenvalue weighted by Crippen LogP contribution is -2.37. The molecule has 0 aromatic carbocycles. The van der Waals surface area contributed by atoms with Crippen LogP contribution in [0.25, 0.3) is 0 Å². The van der Waals surface area contributed by atoms with Gasteiger partial charge in [0.05, 0.1) is 19.3 Å². The first-order valence-electron chi connectivity index (χ1n) is 8.31. The van der Waals surface area contributed by atoms with Crippen LogP contribution in [0.5, 0.6) is 0 Å². The zero-order chi connectivity index (χ0) is 16.8. The summed E-state index contributed by atoms with van der Waals surface area (Å²) in [5.74, 6) is 0.767. The second-order valence-electron chi connectivity index (χ2n) is 6.04. The van der Waals surface area contributed by atoms with Crippen LogP contribution in [0.4, 0.5) is 5.95 Å². The van der Waals surface area contributed by atoms with Crippen molar-refractivity contribution in [3.8, 4) is 0 Å². The van der Waals surface area contributed by atoms with Crippen molar-refractivity contribution in [2.24, 2.45) is 0 Å². The summed E-state index contributed by atoms with van der Waals surface area (Å²) in [7, 11) is 0. The van der Waals surface area contributed by atoms with Gasteiger partial charge in [-0.05, 0) is 24.8 Å². The predicted octanol–water partition coefficient (Wildman–Crippen LogP) is 1.98. The SMILES string of the molecule is CC(CC(O)c1cccs1)NCc1cnc(N2CCOCC2)nc1. The van der Waals surface area contributed by atoms with Gasteiger partial charge in [0, 0.05) is 48.5 Å². The Hall–Kier alpha value is -1.54. The van der Waals surface area contributed by atoms with Crippen LogP contribution in [0, 0.1) is 0 Å². The van der Waals surface area contributed by atoms with Crippen molar-refractivity contribution in [1.82, 2.24) is 15.3 Å². The first-order chi connectivity index (χ1) is 11.7. The van der Waals surface area contributed by atoms with Crippen molar-refractivity contribution in [3.05, 3.63) is 40.3 Å². The molecule has 2 N–H and O–H groups in total. The number of aromatic nitrogens is 2. The molecule has 2 aromatic rings. The summed E-state index contributed by atoms with van der Waals surface area (Å²) in [6.07, 6.45) is 4.01. The van der Waals surface area contributed by atoms with Crippen LogP contribution in [0.1, 0.15) is 29.9 Å². The summed E-state index contributed by atoms with van der Waals surface area (Å²) in [5, 5.41) is 15.6. The lowest BCUT2D eigenvalue weighted by Gasteiger charge is -2.26. The molecular weight excluding hydrogens is 324 g/mol. The molecule has 0 amide bonds. The number of hydrogen-bond acceptors (Lipinski definition) is 7. The third-order valence-electron chi connectivity index (χ3n) is 4.09. The van der Waals surface area contributed by atoms with E-state index in [0.717, 1.165) is 42.7 Å². The quantitative estimate of drug-likeness (QED) is 0.797. The van der Waals surface area contributed by atoms with Gasteiger partial charge in [0.1, 0.15) is 0 Å². The highest BCUT2D eigenvalue weighted by Crippen LogP contribution is 2.22. The van der Waals surface area contributed by atoms with Gasteiger partial charge in [-0.15, -0.1) is 11.3 Å². The number of ether oxygens (including phenoxy) is 1. The van der Waals surface area contributed by atoms with E-state index in [4.69, 9.17) is 4.74 Å². The Kier molecular flexibility index (Phi) is 6.14. The standard InChI is InChI=1S/C17H24N4O2S/c1-13(9-15(22)16-3-2-8-24-16)18-10-14-11-19-17(20-12-14)21-4-6-23-7-5-21/h2-3,8,11-13,15,18,22H,4-7,9-10H2,1H3. The van der Waals surface area contributed by atoms with Gasteiger partial charge in [-0.3, -0.25) is 0 Å². The highest BCUT2D eigenvalue weighted by Gasteiger charge is 2.15. The molecule has 0 saturated carbocycles. The van der Waals surface area contributed by atoms with Gasteiger partial charge in [0.2, 0.25) is 5.95 Å². The van der Waals surface area contributed by atoms with E-state index in [1.807, 2.05) is 29.9 Å². The van der Waals surface area contributed by atoms with Gasteiger partial charge in [0.15, 0.2) is 0 Å². The van der Waals surface area contributed by atoms with E-state index < -0.39 is 6.10 Å². The molecule has 1 saturated heterocycles. The first kappa shape index (κ1) is 17.3. The van der Waals surface area contributed by atoms with Crippen molar-refractivity contribution < 1.29 is 9.84 Å². The van der Waals surface area contributed by atoms with E-state index >= 15 is 0 Å². The minimum Gasteiger partial charge on any atom is -0.388 e. The van der Waals surface area contributed by atoms with Crippen molar-refractivity contribution in [3.63, 3.8) is 0 Å². The Morgan fingerprint density at radius 3 is 2.75 bits per heavy atom. The number of anilines is 1. The fraction of sp³-hybridized carbons (Fsp3) is 0.529. The molecule has 1 aliphatic rings. The van der Waals surface area contributed by atoms with Gasteiger partial charge in [-0.1, -0.05) is 6.07 Å². The zero-order valence-corrected chi connectivity index (χ0v) is 14.7. The number of nitrogens with zero attached hydrogens (tertiary/aromatic N) is 3. The molecule has 0 spiro atoms. The van der Waals surface area contributed by atoms with Gasteiger partial charge in [-0.25, -0.2) is 9.97 Å². The molecule has 3 rings (SSSR count). The maximum atomic E-state index is 10.2. The molecule has 6 nitrogen and oxygen atoms in total. The smallest absolute Gasteiger partial charge is 0.225 e. The molecule has 0 aliphatic carbocycles. The largest absolute Gasteiger partial charge is 0.388 e. The fourth-order valence-corrected chi connectivity index (χ4v) is 3.40. The third kappa shape index (κ3) is 4.73. The number of hydrogen-bond donors (Lipinski definition) is 2. The number of morpholine rings is 1. The number of rotatable bonds is 7. The number of thiophene rings is 1. The summed E-state index contributed by atoms with van der Waals surface area (Å²) in [6, 6.07) is 4.15. The Balaban J connectivity index is 1.45. The maximum Gasteiger partial charge on any atom is 0.225 e. The Morgan fingerprint density at radius 2 is 2.08 bits per heavy atom. The van der Waals surface area contributed by atoms with Crippen LogP contribution in [0.15, 0.2) is 29.9 Å². The summed E-state index contributed by atoms with van der Waals surface area (Å²) in [4.78, 5) is 12.1. The molecule has 130 valence electrons. The topological polar surface area (TPSA) is 70.5 Å². The molecule has 2 unspecified atom stereocenters. The summed E-state index contributed by atoms with van der Waals surface area (Å²) in [5.41, 5.74) is 1.05. The molecule has 0 radical (unpaired) electrons. The monoisotopic (exact) mass is 348 g/mol. The highest BCUT2D eigenvalue weighted by molar-refractivity contribution is 7.10. The van der Waals surface area contributed by atoms with Gasteiger partial charge < -0.3 is 20.1 Å². The second-order valence-corrected chi connectivity index (χ2v) is 7.02. The van der Waals surface area contributed by atoms with Crippen LogP contribution in [0.2, 0.25) is 0 Å². The molecular formula is C17H24N4O2S. The van der Waals surface area contributed by atoms with E-state index in [1.54, 1.807) is 11.3 Å². The minimum atomic E-state index is -0.410. The van der Waals surface area contributed by atoms with Crippen LogP contribution in [-0.2, 0) is 11.3 Å². The molecule has 1 aliphatic heterocycles. The Labute approximate surface area is 146 Å². The van der Waals surface area contributed by atoms with Crippen LogP contribution >= 0.6 is 11.3 Å². The summed E-state index contributed by atoms with van der Waals surface area (Å²) in [6.45, 7) is 5.93. The molecule has 2 aromatic heterocycles. The van der Waals surface area contributed by atoms with E-state index in [0.29, 0.717) is 13.0 Å². The maximum absolute atomic E-state index is 10.2. The molecule has 2 atom stereocenters. The van der Waals surface area contributed by atoms with E-state index in [1.165, 1.54) is 0 Å². The average molecular weight is 348 g/mol. The number of nitrogens with one attached hydrogen (secondary N) is 1. The molecule has 3 heterocycles. The van der Waals surface area contributed by atoms with Crippen molar-refractivity contribution >= 4 is 17.3 Å². The van der Waals surface area contributed by atoms with E-state index in [-0.39, 0.29) is 6.04 Å². The Morgan fingerprint density at radius 1 is 1.33 bits per heavy atom. The van der Waals surface area contributed by atoms with Crippen molar-refractivity contribution in [1.29, 1.82) is 0 Å². The predicted molar refractivity (Wildman–Crippen MR) is 95.3 cm³/mol. The lowest BCUT2D eigenvalue weighted by atomic mass is 10.1. The van der Waals surface area contributed by atoms with Crippen LogP contribution in [-0.4, -0.2) is 47.4 Å². The van der Waals surface area contributed by atoms with Crippen LogP contribution < -0.4 is 10.2 Å². The second kappa shape index (κ2) is 8.53. The highest BCUT2D eigenvalue weighted by atomic mass is 32.1. The molecule has 0 bridgehead atoms. The zero-order valence-electron chi connectivity index (χ0n) is 13.9. The molecule has 7 heteroatoms.